The van der Waals surface area contributed by atoms with Crippen LogP contribution in [-0.2, 0) is 0 Å². The number of hydrogen-bond acceptors (Lipinski definition) is 3. The molecule has 3 nitrogen and oxygen atoms in total. The van der Waals surface area contributed by atoms with Gasteiger partial charge in [0.05, 0.1) is 28.7 Å². The fraction of sp³-hybridized carbons (Fsp3) is 0. The van der Waals surface area contributed by atoms with E-state index < -0.39 is 0 Å². The minimum absolute atomic E-state index is 0.678. The Balaban J connectivity index is 1.48. The molecule has 5 aromatic rings. The van der Waals surface area contributed by atoms with Crippen LogP contribution in [0.15, 0.2) is 121 Å². The van der Waals surface area contributed by atoms with Gasteiger partial charge in [0.2, 0.25) is 0 Å². The summed E-state index contributed by atoms with van der Waals surface area (Å²) in [5.74, 6) is 1.67. The van der Waals surface area contributed by atoms with Gasteiger partial charge in [0.15, 0.2) is 11.5 Å². The zero-order chi connectivity index (χ0) is 22.9. The molecule has 0 bridgehead atoms. The fourth-order valence-corrected chi connectivity index (χ4v) is 4.54. The first kappa shape index (κ1) is 19.8. The molecule has 5 aromatic carbocycles. The lowest BCUT2D eigenvalue weighted by Crippen LogP contribution is -2.16. The van der Waals surface area contributed by atoms with E-state index in [1.165, 1.54) is 0 Å². The molecule has 0 atom stereocenters. The quantitative estimate of drug-likeness (QED) is 0.279. The highest BCUT2D eigenvalue weighted by Gasteiger charge is 2.26. The topological polar surface area (TPSA) is 36.3 Å². The molecule has 0 fully saturated rings. The first-order chi connectivity index (χ1) is 16.8. The zero-order valence-electron chi connectivity index (χ0n) is 18.3. The summed E-state index contributed by atoms with van der Waals surface area (Å²) in [6.45, 7) is 0. The van der Waals surface area contributed by atoms with Crippen molar-refractivity contribution in [1.29, 1.82) is 5.26 Å². The Morgan fingerprint density at radius 2 is 0.971 bits per heavy atom. The van der Waals surface area contributed by atoms with Crippen molar-refractivity contribution < 1.29 is 4.74 Å². The summed E-state index contributed by atoms with van der Waals surface area (Å²) in [6, 6.07) is 43.1. The van der Waals surface area contributed by atoms with Crippen LogP contribution in [0.25, 0.3) is 22.3 Å². The van der Waals surface area contributed by atoms with E-state index in [4.69, 9.17) is 4.74 Å². The number of hydrogen-bond donors (Lipinski definition) is 0. The largest absolute Gasteiger partial charge is 0.453 e. The lowest BCUT2D eigenvalue weighted by atomic mass is 9.96. The van der Waals surface area contributed by atoms with Crippen molar-refractivity contribution in [2.45, 2.75) is 0 Å². The lowest BCUT2D eigenvalue weighted by Gasteiger charge is -2.34. The maximum atomic E-state index is 9.49. The molecule has 3 heteroatoms. The summed E-state index contributed by atoms with van der Waals surface area (Å²) < 4.78 is 6.19. The van der Waals surface area contributed by atoms with Crippen LogP contribution in [0, 0.1) is 11.3 Å². The minimum atomic E-state index is 0.678. The van der Waals surface area contributed by atoms with Crippen LogP contribution in [-0.4, -0.2) is 0 Å². The van der Waals surface area contributed by atoms with Crippen LogP contribution in [0.1, 0.15) is 5.56 Å². The SMILES string of the molecule is N#Cc1ccccc1-c1ccc(-c2ccccc2N2c3ccccc3Oc3ccccc32)cc1. The Hall–Kier alpha value is -4.81. The van der Waals surface area contributed by atoms with Crippen LogP contribution in [0.3, 0.4) is 0 Å². The van der Waals surface area contributed by atoms with Gasteiger partial charge in [-0.25, -0.2) is 0 Å². The van der Waals surface area contributed by atoms with Crippen molar-refractivity contribution in [2.24, 2.45) is 0 Å². The summed E-state index contributed by atoms with van der Waals surface area (Å²) in [5.41, 5.74) is 7.97. The summed E-state index contributed by atoms with van der Waals surface area (Å²) in [7, 11) is 0. The molecular weight excluding hydrogens is 416 g/mol. The third kappa shape index (κ3) is 3.30. The molecule has 1 heterocycles. The molecule has 0 spiro atoms. The summed E-state index contributed by atoms with van der Waals surface area (Å²) in [4.78, 5) is 2.27. The van der Waals surface area contributed by atoms with Crippen LogP contribution in [0.5, 0.6) is 11.5 Å². The Labute approximate surface area is 198 Å². The van der Waals surface area contributed by atoms with E-state index in [-0.39, 0.29) is 0 Å². The number of nitrogens with zero attached hydrogens (tertiary/aromatic N) is 2. The number of rotatable bonds is 3. The van der Waals surface area contributed by atoms with Crippen molar-refractivity contribution in [3.05, 3.63) is 127 Å². The second-order valence-electron chi connectivity index (χ2n) is 8.12. The number of para-hydroxylation sites is 5. The van der Waals surface area contributed by atoms with Crippen molar-refractivity contribution >= 4 is 17.1 Å². The monoisotopic (exact) mass is 436 g/mol. The van der Waals surface area contributed by atoms with E-state index in [9.17, 15) is 5.26 Å². The Morgan fingerprint density at radius 3 is 1.59 bits per heavy atom. The van der Waals surface area contributed by atoms with Crippen LogP contribution in [0.4, 0.5) is 17.1 Å². The average molecular weight is 437 g/mol. The van der Waals surface area contributed by atoms with E-state index in [0.29, 0.717) is 5.56 Å². The Bertz CT molecular complexity index is 1500. The predicted octanol–water partition coefficient (Wildman–Crippen LogP) is 8.47. The van der Waals surface area contributed by atoms with E-state index in [0.717, 1.165) is 50.8 Å². The second kappa shape index (κ2) is 8.27. The van der Waals surface area contributed by atoms with Crippen LogP contribution < -0.4 is 9.64 Å². The molecule has 34 heavy (non-hydrogen) atoms. The van der Waals surface area contributed by atoms with Gasteiger partial charge in [-0.1, -0.05) is 84.9 Å². The van der Waals surface area contributed by atoms with Gasteiger partial charge in [-0.3, -0.25) is 0 Å². The summed E-state index contributed by atoms with van der Waals surface area (Å²) in [5, 5.41) is 9.49. The number of ether oxygens (including phenoxy) is 1. The number of nitriles is 1. The molecule has 160 valence electrons. The summed E-state index contributed by atoms with van der Waals surface area (Å²) >= 11 is 0. The van der Waals surface area contributed by atoms with Crippen molar-refractivity contribution in [3.8, 4) is 39.8 Å². The van der Waals surface area contributed by atoms with Gasteiger partial charge in [0.25, 0.3) is 0 Å². The highest BCUT2D eigenvalue weighted by molar-refractivity contribution is 5.93. The summed E-state index contributed by atoms with van der Waals surface area (Å²) in [6.07, 6.45) is 0. The normalized spacial score (nSPS) is 11.7. The first-order valence-electron chi connectivity index (χ1n) is 11.2. The maximum Gasteiger partial charge on any atom is 0.151 e. The van der Waals surface area contributed by atoms with Gasteiger partial charge in [0, 0.05) is 5.56 Å². The van der Waals surface area contributed by atoms with Gasteiger partial charge < -0.3 is 9.64 Å². The molecule has 0 amide bonds. The number of anilines is 3. The van der Waals surface area contributed by atoms with E-state index in [1.54, 1.807) is 0 Å². The number of fused-ring (bicyclic) bond motifs is 2. The van der Waals surface area contributed by atoms with Crippen LogP contribution in [0.2, 0.25) is 0 Å². The van der Waals surface area contributed by atoms with Gasteiger partial charge in [-0.05, 0) is 53.1 Å². The van der Waals surface area contributed by atoms with Crippen molar-refractivity contribution in [1.82, 2.24) is 0 Å². The van der Waals surface area contributed by atoms with Gasteiger partial charge >= 0.3 is 0 Å². The third-order valence-electron chi connectivity index (χ3n) is 6.13. The average Bonchev–Trinajstić information content (AvgIpc) is 2.92. The van der Waals surface area contributed by atoms with Crippen molar-refractivity contribution in [3.63, 3.8) is 0 Å². The molecule has 0 saturated carbocycles. The highest BCUT2D eigenvalue weighted by Crippen LogP contribution is 2.52. The second-order valence-corrected chi connectivity index (χ2v) is 8.12. The Kier molecular flexibility index (Phi) is 4.83. The molecule has 0 saturated heterocycles. The zero-order valence-corrected chi connectivity index (χ0v) is 18.3. The standard InChI is InChI=1S/C31H20N2O/c32-21-24-9-1-2-10-25(24)22-17-19-23(20-18-22)26-11-3-4-12-27(26)33-28-13-5-7-15-30(28)34-31-16-8-6-14-29(31)33/h1-20H. The van der Waals surface area contributed by atoms with Gasteiger partial charge in [-0.2, -0.15) is 5.26 Å². The smallest absolute Gasteiger partial charge is 0.151 e. The first-order valence-corrected chi connectivity index (χ1v) is 11.2. The van der Waals surface area contributed by atoms with Crippen molar-refractivity contribution in [2.75, 3.05) is 4.90 Å². The molecule has 1 aliphatic heterocycles. The molecule has 0 aromatic heterocycles. The molecule has 1 aliphatic rings. The molecule has 0 N–H and O–H groups in total. The maximum absolute atomic E-state index is 9.49. The fourth-order valence-electron chi connectivity index (χ4n) is 4.54. The van der Waals surface area contributed by atoms with Gasteiger partial charge in [0.1, 0.15) is 0 Å². The van der Waals surface area contributed by atoms with E-state index in [1.807, 2.05) is 60.7 Å². The number of benzene rings is 5. The molecule has 6 rings (SSSR count). The molecular formula is C31H20N2O. The highest BCUT2D eigenvalue weighted by atomic mass is 16.5. The van der Waals surface area contributed by atoms with E-state index in [2.05, 4.69) is 71.6 Å². The van der Waals surface area contributed by atoms with E-state index >= 15 is 0 Å². The Morgan fingerprint density at radius 1 is 0.500 bits per heavy atom. The van der Waals surface area contributed by atoms with Gasteiger partial charge in [-0.15, -0.1) is 0 Å². The lowest BCUT2D eigenvalue weighted by molar-refractivity contribution is 0.477. The van der Waals surface area contributed by atoms with Crippen LogP contribution >= 0.6 is 0 Å². The minimum Gasteiger partial charge on any atom is -0.453 e. The molecule has 0 unspecified atom stereocenters. The predicted molar refractivity (Wildman–Crippen MR) is 137 cm³/mol. The molecule has 0 aliphatic carbocycles. The third-order valence-corrected chi connectivity index (χ3v) is 6.13. The molecule has 0 radical (unpaired) electrons.